The Labute approximate surface area is 124 Å². The number of carbonyl (C=O) groups excluding carboxylic acids is 1. The maximum absolute atomic E-state index is 11.7. The molecule has 0 aliphatic carbocycles. The van der Waals surface area contributed by atoms with Gasteiger partial charge in [0.2, 0.25) is 5.91 Å². The van der Waals surface area contributed by atoms with Gasteiger partial charge in [0, 0.05) is 23.8 Å². The largest absolute Gasteiger partial charge is 0.359 e. The van der Waals surface area contributed by atoms with Crippen LogP contribution >= 0.6 is 11.3 Å². The fourth-order valence-electron chi connectivity index (χ4n) is 2.10. The number of thiophene rings is 1. The number of rotatable bonds is 5. The van der Waals surface area contributed by atoms with Gasteiger partial charge in [-0.1, -0.05) is 43.3 Å². The second-order valence-electron chi connectivity index (χ2n) is 5.04. The predicted octanol–water partition coefficient (Wildman–Crippen LogP) is 3.99. The van der Waals surface area contributed by atoms with E-state index in [1.807, 2.05) is 31.2 Å². The molecule has 2 aromatic rings. The van der Waals surface area contributed by atoms with E-state index >= 15 is 0 Å². The van der Waals surface area contributed by atoms with Gasteiger partial charge in [0.25, 0.3) is 0 Å². The van der Waals surface area contributed by atoms with Gasteiger partial charge in [-0.2, -0.15) is 0 Å². The zero-order valence-corrected chi connectivity index (χ0v) is 12.7. The van der Waals surface area contributed by atoms with Crippen LogP contribution in [0.25, 0.3) is 10.4 Å². The third kappa shape index (κ3) is 2.99. The van der Waals surface area contributed by atoms with E-state index in [4.69, 9.17) is 0 Å². The molecule has 1 heterocycles. The van der Waals surface area contributed by atoms with E-state index in [9.17, 15) is 4.79 Å². The first-order valence-corrected chi connectivity index (χ1v) is 7.45. The Balaban J connectivity index is 2.31. The number of hydrogen-bond acceptors (Lipinski definition) is 2. The molecule has 0 bridgehead atoms. The van der Waals surface area contributed by atoms with Crippen molar-refractivity contribution in [1.82, 2.24) is 5.32 Å². The second kappa shape index (κ2) is 6.06. The third-order valence-electron chi connectivity index (χ3n) is 3.57. The van der Waals surface area contributed by atoms with Crippen molar-refractivity contribution in [2.24, 2.45) is 0 Å². The van der Waals surface area contributed by atoms with Crippen molar-refractivity contribution < 1.29 is 4.79 Å². The summed E-state index contributed by atoms with van der Waals surface area (Å²) in [6.45, 7) is 5.95. The molecule has 2 rings (SSSR count). The molecule has 0 spiro atoms. The van der Waals surface area contributed by atoms with Crippen molar-refractivity contribution in [2.75, 3.05) is 7.05 Å². The van der Waals surface area contributed by atoms with Gasteiger partial charge >= 0.3 is 0 Å². The van der Waals surface area contributed by atoms with E-state index < -0.39 is 0 Å². The molecule has 1 N–H and O–H groups in total. The van der Waals surface area contributed by atoms with E-state index in [0.29, 0.717) is 6.42 Å². The molecule has 0 radical (unpaired) electrons. The Hall–Kier alpha value is -1.87. The van der Waals surface area contributed by atoms with Gasteiger partial charge in [-0.15, -0.1) is 17.9 Å². The average molecular weight is 285 g/mol. The van der Waals surface area contributed by atoms with Crippen LogP contribution < -0.4 is 5.32 Å². The molecule has 104 valence electrons. The highest BCUT2D eigenvalue weighted by Gasteiger charge is 2.27. The first-order valence-electron chi connectivity index (χ1n) is 6.57. The topological polar surface area (TPSA) is 29.1 Å². The molecule has 0 saturated heterocycles. The smallest absolute Gasteiger partial charge is 0.220 e. The normalized spacial score (nSPS) is 13.5. The lowest BCUT2D eigenvalue weighted by Crippen LogP contribution is -2.29. The van der Waals surface area contributed by atoms with Crippen molar-refractivity contribution in [3.05, 3.63) is 60.0 Å². The maximum Gasteiger partial charge on any atom is 0.220 e. The lowest BCUT2D eigenvalue weighted by atomic mass is 9.80. The van der Waals surface area contributed by atoms with Crippen LogP contribution in [0.4, 0.5) is 0 Å². The molecule has 0 aliphatic heterocycles. The first kappa shape index (κ1) is 14.5. The maximum atomic E-state index is 11.7. The highest BCUT2D eigenvalue weighted by atomic mass is 32.1. The van der Waals surface area contributed by atoms with E-state index in [-0.39, 0.29) is 11.3 Å². The molecule has 3 heteroatoms. The SMILES string of the molecule is C=CC(C)(CC(=O)NC)c1csc(-c2ccccc2)c1. The molecule has 0 aliphatic rings. The molecule has 2 nitrogen and oxygen atoms in total. The van der Waals surface area contributed by atoms with Crippen LogP contribution in [-0.2, 0) is 10.2 Å². The molecule has 0 saturated carbocycles. The summed E-state index contributed by atoms with van der Waals surface area (Å²) >= 11 is 1.70. The Bertz CT molecular complexity index is 602. The minimum absolute atomic E-state index is 0.0276. The van der Waals surface area contributed by atoms with Gasteiger partial charge in [-0.05, 0) is 22.6 Å². The number of allylic oxidation sites excluding steroid dienone is 1. The highest BCUT2D eigenvalue weighted by Crippen LogP contribution is 2.36. The zero-order chi connectivity index (χ0) is 14.6. The summed E-state index contributed by atoms with van der Waals surface area (Å²) in [5, 5.41) is 4.80. The van der Waals surface area contributed by atoms with Crippen LogP contribution in [0, 0.1) is 0 Å². The monoisotopic (exact) mass is 285 g/mol. The lowest BCUT2D eigenvalue weighted by molar-refractivity contribution is -0.121. The minimum Gasteiger partial charge on any atom is -0.359 e. The predicted molar refractivity (Wildman–Crippen MR) is 86.0 cm³/mol. The summed E-state index contributed by atoms with van der Waals surface area (Å²) in [5.74, 6) is 0.0276. The van der Waals surface area contributed by atoms with Gasteiger partial charge in [-0.25, -0.2) is 0 Å². The molecular weight excluding hydrogens is 266 g/mol. The summed E-state index contributed by atoms with van der Waals surface area (Å²) in [6, 6.07) is 12.4. The lowest BCUT2D eigenvalue weighted by Gasteiger charge is -2.23. The Morgan fingerprint density at radius 3 is 2.70 bits per heavy atom. The summed E-state index contributed by atoms with van der Waals surface area (Å²) in [6.07, 6.45) is 2.27. The van der Waals surface area contributed by atoms with Gasteiger partial charge < -0.3 is 5.32 Å². The molecule has 1 unspecified atom stereocenters. The van der Waals surface area contributed by atoms with Crippen molar-refractivity contribution in [1.29, 1.82) is 0 Å². The van der Waals surface area contributed by atoms with Crippen LogP contribution in [0.1, 0.15) is 18.9 Å². The van der Waals surface area contributed by atoms with Crippen LogP contribution in [0.5, 0.6) is 0 Å². The van der Waals surface area contributed by atoms with Crippen molar-refractivity contribution in [2.45, 2.75) is 18.8 Å². The molecule has 1 aromatic carbocycles. The van der Waals surface area contributed by atoms with Gasteiger partial charge in [-0.3, -0.25) is 4.79 Å². The van der Waals surface area contributed by atoms with Crippen LogP contribution in [-0.4, -0.2) is 13.0 Å². The van der Waals surface area contributed by atoms with Crippen molar-refractivity contribution in [3.8, 4) is 10.4 Å². The quantitative estimate of drug-likeness (QED) is 0.827. The molecule has 1 atom stereocenters. The second-order valence-corrected chi connectivity index (χ2v) is 5.95. The summed E-state index contributed by atoms with van der Waals surface area (Å²) in [5.41, 5.74) is 2.01. The van der Waals surface area contributed by atoms with Gasteiger partial charge in [0.1, 0.15) is 0 Å². The summed E-state index contributed by atoms with van der Waals surface area (Å²) in [7, 11) is 1.66. The molecule has 1 amide bonds. The molecule has 1 aromatic heterocycles. The summed E-state index contributed by atoms with van der Waals surface area (Å²) in [4.78, 5) is 12.9. The highest BCUT2D eigenvalue weighted by molar-refractivity contribution is 7.13. The van der Waals surface area contributed by atoms with E-state index in [0.717, 1.165) is 5.56 Å². The third-order valence-corrected chi connectivity index (χ3v) is 4.55. The van der Waals surface area contributed by atoms with Crippen LogP contribution in [0.3, 0.4) is 0 Å². The standard InChI is InChI=1S/C17H19NOS/c1-4-17(2,11-16(19)18-3)14-10-15(20-12-14)13-8-6-5-7-9-13/h4-10,12H,1,11H2,2-3H3,(H,18,19). The fraction of sp³-hybridized carbons (Fsp3) is 0.235. The molecule has 0 fully saturated rings. The zero-order valence-electron chi connectivity index (χ0n) is 11.8. The van der Waals surface area contributed by atoms with Crippen molar-refractivity contribution >= 4 is 17.2 Å². The minimum atomic E-state index is -0.330. The Kier molecular flexibility index (Phi) is 4.40. The number of benzene rings is 1. The first-order chi connectivity index (χ1) is 9.59. The Morgan fingerprint density at radius 2 is 2.10 bits per heavy atom. The van der Waals surface area contributed by atoms with Gasteiger partial charge in [0.05, 0.1) is 0 Å². The van der Waals surface area contributed by atoms with Crippen LogP contribution in [0.15, 0.2) is 54.4 Å². The molecular formula is C17H19NOS. The van der Waals surface area contributed by atoms with E-state index in [1.165, 1.54) is 10.4 Å². The van der Waals surface area contributed by atoms with Gasteiger partial charge in [0.15, 0.2) is 0 Å². The van der Waals surface area contributed by atoms with E-state index in [2.05, 4.69) is 35.5 Å². The van der Waals surface area contributed by atoms with E-state index in [1.54, 1.807) is 18.4 Å². The summed E-state index contributed by atoms with van der Waals surface area (Å²) < 4.78 is 0. The fourth-order valence-corrected chi connectivity index (χ4v) is 3.16. The number of nitrogens with one attached hydrogen (secondary N) is 1. The molecule has 20 heavy (non-hydrogen) atoms. The Morgan fingerprint density at radius 1 is 1.40 bits per heavy atom. The number of hydrogen-bond donors (Lipinski definition) is 1. The van der Waals surface area contributed by atoms with Crippen molar-refractivity contribution in [3.63, 3.8) is 0 Å². The average Bonchev–Trinajstić information content (AvgIpc) is 2.98. The number of amides is 1. The van der Waals surface area contributed by atoms with Crippen LogP contribution in [0.2, 0.25) is 0 Å². The number of carbonyl (C=O) groups is 1.